The second-order valence-corrected chi connectivity index (χ2v) is 6.07. The molecule has 2 saturated heterocycles. The average molecular weight is 287 g/mol. The van der Waals surface area contributed by atoms with Crippen LogP contribution in [0.2, 0.25) is 0 Å². The van der Waals surface area contributed by atoms with Gasteiger partial charge < -0.3 is 10.6 Å². The molecule has 0 bridgehead atoms. The van der Waals surface area contributed by atoms with Gasteiger partial charge in [0.2, 0.25) is 0 Å². The van der Waals surface area contributed by atoms with Gasteiger partial charge in [0, 0.05) is 0 Å². The van der Waals surface area contributed by atoms with E-state index in [-0.39, 0.29) is 11.9 Å². The number of benzene rings is 1. The monoisotopic (exact) mass is 287 g/mol. The number of piperidine rings is 1. The zero-order valence-corrected chi connectivity index (χ0v) is 12.5. The zero-order valence-electron chi connectivity index (χ0n) is 12.5. The summed E-state index contributed by atoms with van der Waals surface area (Å²) in [7, 11) is 0. The summed E-state index contributed by atoms with van der Waals surface area (Å²) < 4.78 is 0. The minimum atomic E-state index is -0.678. The van der Waals surface area contributed by atoms with Crippen LogP contribution in [0, 0.1) is 13.8 Å². The molecule has 21 heavy (non-hydrogen) atoms. The molecule has 2 aliphatic heterocycles. The van der Waals surface area contributed by atoms with E-state index in [0.717, 1.165) is 18.7 Å². The third-order valence-electron chi connectivity index (χ3n) is 4.62. The highest BCUT2D eigenvalue weighted by atomic mass is 16.2. The molecule has 0 aromatic heterocycles. The van der Waals surface area contributed by atoms with E-state index in [2.05, 4.69) is 17.6 Å². The van der Waals surface area contributed by atoms with Gasteiger partial charge in [-0.25, -0.2) is 4.79 Å². The summed E-state index contributed by atoms with van der Waals surface area (Å²) in [5.74, 6) is -0.0766. The SMILES string of the molecule is Cc1ccc(CN2C(=O)NC3(CCNCC3)C2=O)cc1C. The lowest BCUT2D eigenvalue weighted by Crippen LogP contribution is -2.53. The van der Waals surface area contributed by atoms with Crippen LogP contribution in [0.1, 0.15) is 29.5 Å². The highest BCUT2D eigenvalue weighted by Gasteiger charge is 2.51. The van der Waals surface area contributed by atoms with Crippen molar-refractivity contribution in [3.63, 3.8) is 0 Å². The zero-order chi connectivity index (χ0) is 15.0. The summed E-state index contributed by atoms with van der Waals surface area (Å²) in [5, 5.41) is 6.14. The Kier molecular flexibility index (Phi) is 3.45. The van der Waals surface area contributed by atoms with Crippen molar-refractivity contribution in [2.24, 2.45) is 0 Å². The number of amides is 3. The molecule has 0 atom stereocenters. The van der Waals surface area contributed by atoms with Crippen LogP contribution in [-0.4, -0.2) is 35.5 Å². The van der Waals surface area contributed by atoms with E-state index in [0.29, 0.717) is 19.4 Å². The van der Waals surface area contributed by atoms with E-state index >= 15 is 0 Å². The Morgan fingerprint density at radius 1 is 1.14 bits per heavy atom. The summed E-state index contributed by atoms with van der Waals surface area (Å²) in [4.78, 5) is 26.2. The molecule has 3 rings (SSSR count). The lowest BCUT2D eigenvalue weighted by Gasteiger charge is -2.31. The number of imide groups is 1. The number of nitrogens with zero attached hydrogens (tertiary/aromatic N) is 1. The number of hydrogen-bond acceptors (Lipinski definition) is 3. The van der Waals surface area contributed by atoms with Gasteiger partial charge in [0.1, 0.15) is 5.54 Å². The Hall–Kier alpha value is -1.88. The van der Waals surface area contributed by atoms with Crippen molar-refractivity contribution in [1.82, 2.24) is 15.5 Å². The Morgan fingerprint density at radius 2 is 1.86 bits per heavy atom. The summed E-state index contributed by atoms with van der Waals surface area (Å²) >= 11 is 0. The van der Waals surface area contributed by atoms with Crippen LogP contribution in [0.3, 0.4) is 0 Å². The largest absolute Gasteiger partial charge is 0.325 e. The van der Waals surface area contributed by atoms with Crippen molar-refractivity contribution < 1.29 is 9.59 Å². The number of rotatable bonds is 2. The third kappa shape index (κ3) is 2.42. The quantitative estimate of drug-likeness (QED) is 0.810. The molecular formula is C16H21N3O2. The average Bonchev–Trinajstić information content (AvgIpc) is 2.68. The predicted octanol–water partition coefficient (Wildman–Crippen LogP) is 1.48. The third-order valence-corrected chi connectivity index (χ3v) is 4.62. The molecule has 112 valence electrons. The molecular weight excluding hydrogens is 266 g/mol. The molecule has 2 heterocycles. The highest BCUT2D eigenvalue weighted by molar-refractivity contribution is 6.07. The number of nitrogens with one attached hydrogen (secondary N) is 2. The Morgan fingerprint density at radius 3 is 2.52 bits per heavy atom. The van der Waals surface area contributed by atoms with Gasteiger partial charge in [0.15, 0.2) is 0 Å². The summed E-state index contributed by atoms with van der Waals surface area (Å²) in [5.41, 5.74) is 2.71. The maximum absolute atomic E-state index is 12.7. The van der Waals surface area contributed by atoms with E-state index in [1.165, 1.54) is 16.0 Å². The maximum Gasteiger partial charge on any atom is 0.325 e. The first-order valence-electron chi connectivity index (χ1n) is 7.43. The van der Waals surface area contributed by atoms with Gasteiger partial charge in [-0.05, 0) is 56.5 Å². The molecule has 0 unspecified atom stereocenters. The minimum Gasteiger partial charge on any atom is -0.323 e. The van der Waals surface area contributed by atoms with Crippen LogP contribution >= 0.6 is 0 Å². The number of urea groups is 1. The number of carbonyl (C=O) groups is 2. The van der Waals surface area contributed by atoms with E-state index in [1.807, 2.05) is 25.1 Å². The van der Waals surface area contributed by atoms with Gasteiger partial charge in [-0.15, -0.1) is 0 Å². The summed E-state index contributed by atoms with van der Waals surface area (Å²) in [6.45, 7) is 5.98. The van der Waals surface area contributed by atoms with Crippen molar-refractivity contribution in [3.8, 4) is 0 Å². The lowest BCUT2D eigenvalue weighted by molar-refractivity contribution is -0.132. The van der Waals surface area contributed by atoms with Gasteiger partial charge in [-0.3, -0.25) is 9.69 Å². The van der Waals surface area contributed by atoms with Crippen LogP contribution < -0.4 is 10.6 Å². The first-order valence-corrected chi connectivity index (χ1v) is 7.43. The minimum absolute atomic E-state index is 0.0766. The number of carbonyl (C=O) groups excluding carboxylic acids is 2. The smallest absolute Gasteiger partial charge is 0.323 e. The predicted molar refractivity (Wildman–Crippen MR) is 79.8 cm³/mol. The molecule has 2 aliphatic rings. The second-order valence-electron chi connectivity index (χ2n) is 6.07. The molecule has 3 amide bonds. The first-order chi connectivity index (χ1) is 10.0. The second kappa shape index (κ2) is 5.15. The lowest BCUT2D eigenvalue weighted by atomic mass is 9.88. The van der Waals surface area contributed by atoms with Crippen molar-refractivity contribution in [2.45, 2.75) is 38.8 Å². The van der Waals surface area contributed by atoms with Gasteiger partial charge in [0.05, 0.1) is 6.54 Å². The van der Waals surface area contributed by atoms with E-state index in [4.69, 9.17) is 0 Å². The van der Waals surface area contributed by atoms with Crippen LogP contribution in [0.5, 0.6) is 0 Å². The summed E-state index contributed by atoms with van der Waals surface area (Å²) in [6, 6.07) is 5.79. The Bertz CT molecular complexity index is 591. The molecule has 2 fully saturated rings. The van der Waals surface area contributed by atoms with E-state index < -0.39 is 5.54 Å². The van der Waals surface area contributed by atoms with Gasteiger partial charge >= 0.3 is 6.03 Å². The molecule has 1 aromatic carbocycles. The fraction of sp³-hybridized carbons (Fsp3) is 0.500. The molecule has 5 heteroatoms. The standard InChI is InChI=1S/C16H21N3O2/c1-11-3-4-13(9-12(11)2)10-19-14(20)16(18-15(19)21)5-7-17-8-6-16/h3-4,9,17H,5-8,10H2,1-2H3,(H,18,21). The first kappa shape index (κ1) is 14.1. The van der Waals surface area contributed by atoms with Crippen LogP contribution in [0.25, 0.3) is 0 Å². The Balaban J connectivity index is 1.80. The van der Waals surface area contributed by atoms with Crippen molar-refractivity contribution in [3.05, 3.63) is 34.9 Å². The van der Waals surface area contributed by atoms with E-state index in [9.17, 15) is 9.59 Å². The van der Waals surface area contributed by atoms with E-state index in [1.54, 1.807) is 0 Å². The van der Waals surface area contributed by atoms with Gasteiger partial charge in [-0.1, -0.05) is 18.2 Å². The number of aryl methyl sites for hydroxylation is 2. The topological polar surface area (TPSA) is 61.4 Å². The Labute approximate surface area is 124 Å². The van der Waals surface area contributed by atoms with Crippen LogP contribution in [-0.2, 0) is 11.3 Å². The van der Waals surface area contributed by atoms with Crippen molar-refractivity contribution in [2.75, 3.05) is 13.1 Å². The number of hydrogen-bond donors (Lipinski definition) is 2. The van der Waals surface area contributed by atoms with Gasteiger partial charge in [-0.2, -0.15) is 0 Å². The normalized spacial score (nSPS) is 21.0. The molecule has 5 nitrogen and oxygen atoms in total. The molecule has 1 spiro atoms. The molecule has 0 radical (unpaired) electrons. The molecule has 1 aromatic rings. The van der Waals surface area contributed by atoms with Crippen LogP contribution in [0.15, 0.2) is 18.2 Å². The molecule has 0 aliphatic carbocycles. The fourth-order valence-electron chi connectivity index (χ4n) is 3.10. The maximum atomic E-state index is 12.7. The van der Waals surface area contributed by atoms with Crippen LogP contribution in [0.4, 0.5) is 4.79 Å². The highest BCUT2D eigenvalue weighted by Crippen LogP contribution is 2.28. The summed E-state index contributed by atoms with van der Waals surface area (Å²) in [6.07, 6.45) is 1.34. The molecule has 0 saturated carbocycles. The van der Waals surface area contributed by atoms with Crippen molar-refractivity contribution >= 4 is 11.9 Å². The molecule has 2 N–H and O–H groups in total. The van der Waals surface area contributed by atoms with Gasteiger partial charge in [0.25, 0.3) is 5.91 Å². The fourth-order valence-corrected chi connectivity index (χ4v) is 3.10. The van der Waals surface area contributed by atoms with Crippen molar-refractivity contribution in [1.29, 1.82) is 0 Å².